The Labute approximate surface area is 170 Å². The van der Waals surface area contributed by atoms with Crippen molar-refractivity contribution in [2.24, 2.45) is 5.92 Å². The van der Waals surface area contributed by atoms with Crippen LogP contribution < -0.4 is 5.32 Å². The van der Waals surface area contributed by atoms with Gasteiger partial charge in [0.2, 0.25) is 5.91 Å². The number of amides is 3. The van der Waals surface area contributed by atoms with Crippen molar-refractivity contribution in [1.29, 1.82) is 0 Å². The highest BCUT2D eigenvalue weighted by atomic mass is 16.2. The van der Waals surface area contributed by atoms with E-state index >= 15 is 0 Å². The van der Waals surface area contributed by atoms with Crippen LogP contribution in [0.3, 0.4) is 0 Å². The number of likely N-dealkylation sites (tertiary alicyclic amines) is 2. The third kappa shape index (κ3) is 4.17. The zero-order valence-corrected chi connectivity index (χ0v) is 17.7. The maximum absolute atomic E-state index is 12.6. The summed E-state index contributed by atoms with van der Waals surface area (Å²) >= 11 is 0. The molecule has 28 heavy (non-hydrogen) atoms. The maximum atomic E-state index is 12.6. The molecule has 158 valence electrons. The highest BCUT2D eigenvalue weighted by Gasteiger charge is 2.44. The number of fused-ring (bicyclic) bond motifs is 1. The van der Waals surface area contributed by atoms with Crippen molar-refractivity contribution in [1.82, 2.24) is 20.0 Å². The number of hydrogen-bond acceptors (Lipinski definition) is 3. The SMILES string of the molecule is CC(C)CC(=O)N1CCC(N2CCC(N3C(=O)N[C@H]4CCCCC43)CC2)CC1. The molecule has 0 aromatic carbocycles. The number of hydrogen-bond donors (Lipinski definition) is 1. The molecule has 0 aromatic rings. The quantitative estimate of drug-likeness (QED) is 0.803. The second-order valence-corrected chi connectivity index (χ2v) is 9.79. The molecule has 0 bridgehead atoms. The molecule has 1 N–H and O–H groups in total. The zero-order chi connectivity index (χ0) is 19.7. The number of nitrogens with zero attached hydrogens (tertiary/aromatic N) is 3. The molecule has 3 saturated heterocycles. The highest BCUT2D eigenvalue weighted by Crippen LogP contribution is 2.33. The van der Waals surface area contributed by atoms with Gasteiger partial charge in [0.25, 0.3) is 0 Å². The van der Waals surface area contributed by atoms with E-state index in [1.807, 2.05) is 0 Å². The minimum Gasteiger partial charge on any atom is -0.343 e. The molecule has 4 fully saturated rings. The summed E-state index contributed by atoms with van der Waals surface area (Å²) in [4.78, 5) is 31.8. The lowest BCUT2D eigenvalue weighted by Gasteiger charge is -2.44. The molecule has 3 amide bonds. The lowest BCUT2D eigenvalue weighted by molar-refractivity contribution is -0.133. The summed E-state index contributed by atoms with van der Waals surface area (Å²) in [7, 11) is 0. The fraction of sp³-hybridized carbons (Fsp3) is 0.909. The van der Waals surface area contributed by atoms with Crippen LogP contribution in [0.25, 0.3) is 0 Å². The number of rotatable bonds is 4. The van der Waals surface area contributed by atoms with Crippen molar-refractivity contribution < 1.29 is 9.59 Å². The Morgan fingerprint density at radius 1 is 0.964 bits per heavy atom. The summed E-state index contributed by atoms with van der Waals surface area (Å²) in [5.74, 6) is 0.769. The molecule has 6 heteroatoms. The molecule has 1 aliphatic carbocycles. The summed E-state index contributed by atoms with van der Waals surface area (Å²) in [5, 5.41) is 3.24. The van der Waals surface area contributed by atoms with E-state index in [1.165, 1.54) is 19.3 Å². The fourth-order valence-corrected chi connectivity index (χ4v) is 5.92. The van der Waals surface area contributed by atoms with Gasteiger partial charge in [0, 0.05) is 44.7 Å². The summed E-state index contributed by atoms with van der Waals surface area (Å²) in [6.07, 6.45) is 9.92. The second kappa shape index (κ2) is 8.60. The number of nitrogens with one attached hydrogen (secondary N) is 1. The Bertz CT molecular complexity index is 565. The van der Waals surface area contributed by atoms with Crippen molar-refractivity contribution >= 4 is 11.9 Å². The first-order valence-electron chi connectivity index (χ1n) is 11.6. The van der Waals surface area contributed by atoms with Gasteiger partial charge >= 0.3 is 6.03 Å². The fourth-order valence-electron chi connectivity index (χ4n) is 5.92. The van der Waals surface area contributed by atoms with Gasteiger partial charge in [0.05, 0.1) is 12.1 Å². The van der Waals surface area contributed by atoms with Crippen LogP contribution in [0.5, 0.6) is 0 Å². The maximum Gasteiger partial charge on any atom is 0.318 e. The van der Waals surface area contributed by atoms with Gasteiger partial charge in [-0.25, -0.2) is 4.79 Å². The van der Waals surface area contributed by atoms with Crippen LogP contribution in [0.1, 0.15) is 71.6 Å². The number of carbonyl (C=O) groups excluding carboxylic acids is 2. The predicted octanol–water partition coefficient (Wildman–Crippen LogP) is 2.82. The standard InChI is InChI=1S/C22H38N4O2/c1-16(2)15-21(27)25-13-7-17(8-14-25)24-11-9-18(10-12-24)26-20-6-4-3-5-19(20)23-22(26)28/h16-20H,3-15H2,1-2H3,(H,23,28)/t19-,20?/m0/s1. The molecular weight excluding hydrogens is 352 g/mol. The van der Waals surface area contributed by atoms with Crippen molar-refractivity contribution in [2.75, 3.05) is 26.2 Å². The Morgan fingerprint density at radius 2 is 1.61 bits per heavy atom. The molecule has 6 nitrogen and oxygen atoms in total. The van der Waals surface area contributed by atoms with Crippen LogP contribution in [0.15, 0.2) is 0 Å². The molecule has 4 rings (SSSR count). The molecule has 3 heterocycles. The zero-order valence-electron chi connectivity index (χ0n) is 17.7. The van der Waals surface area contributed by atoms with Crippen molar-refractivity contribution in [2.45, 2.75) is 95.8 Å². The van der Waals surface area contributed by atoms with Crippen LogP contribution in [0.2, 0.25) is 0 Å². The first-order valence-corrected chi connectivity index (χ1v) is 11.6. The van der Waals surface area contributed by atoms with E-state index in [4.69, 9.17) is 0 Å². The summed E-state index contributed by atoms with van der Waals surface area (Å²) in [6.45, 7) is 8.24. The average molecular weight is 391 g/mol. The first kappa shape index (κ1) is 20.0. The Balaban J connectivity index is 1.25. The number of carbonyl (C=O) groups is 2. The van der Waals surface area contributed by atoms with E-state index in [0.717, 1.165) is 58.3 Å². The van der Waals surface area contributed by atoms with Crippen LogP contribution in [0.4, 0.5) is 4.79 Å². The van der Waals surface area contributed by atoms with Crippen LogP contribution >= 0.6 is 0 Å². The molecule has 1 saturated carbocycles. The van der Waals surface area contributed by atoms with E-state index in [1.54, 1.807) is 0 Å². The monoisotopic (exact) mass is 390 g/mol. The Hall–Kier alpha value is -1.30. The van der Waals surface area contributed by atoms with Crippen molar-refractivity contribution in [3.63, 3.8) is 0 Å². The van der Waals surface area contributed by atoms with Gasteiger partial charge in [-0.3, -0.25) is 4.79 Å². The lowest BCUT2D eigenvalue weighted by Crippen LogP contribution is -2.53. The lowest BCUT2D eigenvalue weighted by atomic mass is 9.89. The van der Waals surface area contributed by atoms with Crippen molar-refractivity contribution in [3.05, 3.63) is 0 Å². The molecular formula is C22H38N4O2. The van der Waals surface area contributed by atoms with Crippen LogP contribution in [-0.4, -0.2) is 77.0 Å². The van der Waals surface area contributed by atoms with Gasteiger partial charge < -0.3 is 20.0 Å². The molecule has 2 atom stereocenters. The van der Waals surface area contributed by atoms with E-state index in [0.29, 0.717) is 42.4 Å². The van der Waals surface area contributed by atoms with E-state index in [9.17, 15) is 9.59 Å². The Morgan fingerprint density at radius 3 is 2.29 bits per heavy atom. The smallest absolute Gasteiger partial charge is 0.318 e. The summed E-state index contributed by atoms with van der Waals surface area (Å²) in [6, 6.07) is 2.04. The summed E-state index contributed by atoms with van der Waals surface area (Å²) < 4.78 is 0. The van der Waals surface area contributed by atoms with Gasteiger partial charge in [0.1, 0.15) is 0 Å². The largest absolute Gasteiger partial charge is 0.343 e. The van der Waals surface area contributed by atoms with E-state index in [-0.39, 0.29) is 6.03 Å². The minimum absolute atomic E-state index is 0.187. The van der Waals surface area contributed by atoms with E-state index < -0.39 is 0 Å². The van der Waals surface area contributed by atoms with Gasteiger partial charge in [0.15, 0.2) is 0 Å². The van der Waals surface area contributed by atoms with Crippen LogP contribution in [0, 0.1) is 5.92 Å². The van der Waals surface area contributed by atoms with Crippen LogP contribution in [-0.2, 0) is 4.79 Å². The highest BCUT2D eigenvalue weighted by molar-refractivity contribution is 5.78. The van der Waals surface area contributed by atoms with Gasteiger partial charge in [-0.2, -0.15) is 0 Å². The van der Waals surface area contributed by atoms with Gasteiger partial charge in [-0.1, -0.05) is 26.7 Å². The summed E-state index contributed by atoms with van der Waals surface area (Å²) in [5.41, 5.74) is 0. The molecule has 4 aliphatic rings. The first-order chi connectivity index (χ1) is 13.5. The number of urea groups is 1. The topological polar surface area (TPSA) is 55.9 Å². The third-order valence-electron chi connectivity index (χ3n) is 7.44. The number of piperidine rings is 2. The van der Waals surface area contributed by atoms with Gasteiger partial charge in [-0.05, 0) is 44.4 Å². The molecule has 1 unspecified atom stereocenters. The predicted molar refractivity (Wildman–Crippen MR) is 110 cm³/mol. The van der Waals surface area contributed by atoms with Gasteiger partial charge in [-0.15, -0.1) is 0 Å². The molecule has 0 spiro atoms. The third-order valence-corrected chi connectivity index (χ3v) is 7.44. The molecule has 0 radical (unpaired) electrons. The van der Waals surface area contributed by atoms with Crippen molar-refractivity contribution in [3.8, 4) is 0 Å². The normalized spacial score (nSPS) is 30.6. The Kier molecular flexibility index (Phi) is 6.14. The minimum atomic E-state index is 0.187. The van der Waals surface area contributed by atoms with E-state index in [2.05, 4.69) is 33.9 Å². The molecule has 3 aliphatic heterocycles. The molecule has 0 aromatic heterocycles. The average Bonchev–Trinajstić information content (AvgIpc) is 3.03. The second-order valence-electron chi connectivity index (χ2n) is 9.79.